The number of carbonyl (C=O) groups is 1. The van der Waals surface area contributed by atoms with E-state index in [1.165, 1.54) is 0 Å². The Morgan fingerprint density at radius 2 is 2.17 bits per heavy atom. The predicted molar refractivity (Wildman–Crippen MR) is 52.1 cm³/mol. The summed E-state index contributed by atoms with van der Waals surface area (Å²) in [6, 6.07) is -0.00988. The minimum atomic E-state index is -0.375. The van der Waals surface area contributed by atoms with Crippen molar-refractivity contribution in [3.63, 3.8) is 0 Å². The third-order valence-corrected chi connectivity index (χ3v) is 3.03. The summed E-state index contributed by atoms with van der Waals surface area (Å²) in [5.74, 6) is 2.29. The average molecular weight is 188 g/mol. The number of rotatable bonds is 2. The fourth-order valence-corrected chi connectivity index (χ4v) is 2.28. The van der Waals surface area contributed by atoms with E-state index in [0.717, 1.165) is 24.3 Å². The van der Waals surface area contributed by atoms with Crippen LogP contribution < -0.4 is 11.1 Å². The van der Waals surface area contributed by atoms with Crippen molar-refractivity contribution in [3.05, 3.63) is 0 Å². The van der Waals surface area contributed by atoms with E-state index in [9.17, 15) is 4.79 Å². The Balaban J connectivity index is 2.24. The molecule has 0 saturated carbocycles. The smallest absolute Gasteiger partial charge is 0.236 e. The first-order valence-electron chi connectivity index (χ1n) is 4.34. The van der Waals surface area contributed by atoms with Crippen molar-refractivity contribution in [2.45, 2.75) is 31.8 Å². The van der Waals surface area contributed by atoms with Gasteiger partial charge < -0.3 is 11.1 Å². The standard InChI is InChI=1S/C8H16N2OS/c1-6(9)8(11)10-7-2-4-12-5-3-7/h6-7H,2-5,9H2,1H3,(H,10,11)/t6-/m0/s1. The quantitative estimate of drug-likeness (QED) is 0.657. The molecule has 1 amide bonds. The van der Waals surface area contributed by atoms with Crippen LogP contribution in [0.3, 0.4) is 0 Å². The van der Waals surface area contributed by atoms with Gasteiger partial charge in [0.15, 0.2) is 0 Å². The van der Waals surface area contributed by atoms with Crippen molar-refractivity contribution < 1.29 is 4.79 Å². The van der Waals surface area contributed by atoms with Gasteiger partial charge >= 0.3 is 0 Å². The van der Waals surface area contributed by atoms with Crippen LogP contribution in [0.4, 0.5) is 0 Å². The van der Waals surface area contributed by atoms with E-state index >= 15 is 0 Å². The highest BCUT2D eigenvalue weighted by atomic mass is 32.2. The summed E-state index contributed by atoms with van der Waals surface area (Å²) in [7, 11) is 0. The summed E-state index contributed by atoms with van der Waals surface area (Å²) in [4.78, 5) is 11.2. The molecular formula is C8H16N2OS. The molecule has 0 aromatic rings. The van der Waals surface area contributed by atoms with Crippen LogP contribution in [0.5, 0.6) is 0 Å². The van der Waals surface area contributed by atoms with Gasteiger partial charge in [-0.05, 0) is 31.3 Å². The van der Waals surface area contributed by atoms with Crippen LogP contribution in [0.1, 0.15) is 19.8 Å². The Morgan fingerprint density at radius 1 is 1.58 bits per heavy atom. The minimum absolute atomic E-state index is 0.0214. The number of thioether (sulfide) groups is 1. The third kappa shape index (κ3) is 3.03. The lowest BCUT2D eigenvalue weighted by Gasteiger charge is -2.23. The second-order valence-corrected chi connectivity index (χ2v) is 4.41. The van der Waals surface area contributed by atoms with Crippen molar-refractivity contribution in [2.24, 2.45) is 5.73 Å². The van der Waals surface area contributed by atoms with E-state index in [1.54, 1.807) is 6.92 Å². The summed E-state index contributed by atoms with van der Waals surface area (Å²) in [5, 5.41) is 2.94. The number of amides is 1. The van der Waals surface area contributed by atoms with Crippen LogP contribution in [0.15, 0.2) is 0 Å². The molecule has 1 atom stereocenters. The van der Waals surface area contributed by atoms with Gasteiger partial charge in [-0.2, -0.15) is 11.8 Å². The maximum absolute atomic E-state index is 11.2. The molecule has 0 unspecified atom stereocenters. The average Bonchev–Trinajstić information content (AvgIpc) is 2.06. The number of carbonyl (C=O) groups excluding carboxylic acids is 1. The van der Waals surface area contributed by atoms with Crippen molar-refractivity contribution in [2.75, 3.05) is 11.5 Å². The lowest BCUT2D eigenvalue weighted by molar-refractivity contribution is -0.122. The third-order valence-electron chi connectivity index (χ3n) is 1.98. The second kappa shape index (κ2) is 4.72. The van der Waals surface area contributed by atoms with Crippen molar-refractivity contribution in [1.29, 1.82) is 0 Å². The molecule has 0 aromatic heterocycles. The van der Waals surface area contributed by atoms with Gasteiger partial charge in [-0.1, -0.05) is 0 Å². The van der Waals surface area contributed by atoms with E-state index < -0.39 is 0 Å². The van der Waals surface area contributed by atoms with Crippen LogP contribution in [0.2, 0.25) is 0 Å². The van der Waals surface area contributed by atoms with Gasteiger partial charge in [0, 0.05) is 6.04 Å². The van der Waals surface area contributed by atoms with Gasteiger partial charge in [0.2, 0.25) is 5.91 Å². The van der Waals surface area contributed by atoms with Crippen molar-refractivity contribution >= 4 is 17.7 Å². The highest BCUT2D eigenvalue weighted by Crippen LogP contribution is 2.16. The van der Waals surface area contributed by atoms with E-state index in [4.69, 9.17) is 5.73 Å². The molecule has 12 heavy (non-hydrogen) atoms. The molecule has 0 aromatic carbocycles. The van der Waals surface area contributed by atoms with Crippen LogP contribution in [-0.4, -0.2) is 29.5 Å². The lowest BCUT2D eigenvalue weighted by atomic mass is 10.1. The summed E-state index contributed by atoms with van der Waals surface area (Å²) >= 11 is 1.95. The molecular weight excluding hydrogens is 172 g/mol. The first-order valence-corrected chi connectivity index (χ1v) is 5.49. The highest BCUT2D eigenvalue weighted by molar-refractivity contribution is 7.99. The van der Waals surface area contributed by atoms with Crippen LogP contribution >= 0.6 is 11.8 Å². The molecule has 0 radical (unpaired) electrons. The van der Waals surface area contributed by atoms with Crippen LogP contribution in [0, 0.1) is 0 Å². The van der Waals surface area contributed by atoms with Gasteiger partial charge in [-0.3, -0.25) is 4.79 Å². The van der Waals surface area contributed by atoms with Crippen LogP contribution in [0.25, 0.3) is 0 Å². The molecule has 0 spiro atoms. The van der Waals surface area contributed by atoms with Gasteiger partial charge in [0.05, 0.1) is 6.04 Å². The molecule has 3 N–H and O–H groups in total. The number of hydrogen-bond donors (Lipinski definition) is 2. The van der Waals surface area contributed by atoms with Crippen molar-refractivity contribution in [1.82, 2.24) is 5.32 Å². The first kappa shape index (κ1) is 9.86. The maximum atomic E-state index is 11.2. The molecule has 70 valence electrons. The zero-order valence-electron chi connectivity index (χ0n) is 7.38. The van der Waals surface area contributed by atoms with Gasteiger partial charge in [0.25, 0.3) is 0 Å². The van der Waals surface area contributed by atoms with E-state index in [2.05, 4.69) is 5.32 Å². The molecule has 1 rings (SSSR count). The Kier molecular flexibility index (Phi) is 3.88. The zero-order chi connectivity index (χ0) is 8.97. The molecule has 3 nitrogen and oxygen atoms in total. The van der Waals surface area contributed by atoms with Gasteiger partial charge in [-0.15, -0.1) is 0 Å². The zero-order valence-corrected chi connectivity index (χ0v) is 8.19. The second-order valence-electron chi connectivity index (χ2n) is 3.18. The maximum Gasteiger partial charge on any atom is 0.236 e. The summed E-state index contributed by atoms with van der Waals surface area (Å²) in [6.45, 7) is 1.72. The summed E-state index contributed by atoms with van der Waals surface area (Å²) in [6.07, 6.45) is 2.17. The molecule has 0 aliphatic carbocycles. The Labute approximate surface area is 77.5 Å². The SMILES string of the molecule is C[C@H](N)C(=O)NC1CCSCC1. The number of hydrogen-bond acceptors (Lipinski definition) is 3. The molecule has 1 fully saturated rings. The summed E-state index contributed by atoms with van der Waals surface area (Å²) in [5.41, 5.74) is 5.44. The Hall–Kier alpha value is -0.220. The number of nitrogens with two attached hydrogens (primary N) is 1. The Morgan fingerprint density at radius 3 is 2.67 bits per heavy atom. The number of nitrogens with one attached hydrogen (secondary N) is 1. The summed E-state index contributed by atoms with van der Waals surface area (Å²) < 4.78 is 0. The van der Waals surface area contributed by atoms with E-state index in [-0.39, 0.29) is 11.9 Å². The molecule has 1 aliphatic rings. The predicted octanol–water partition coefficient (Wildman–Crippen LogP) is 0.345. The lowest BCUT2D eigenvalue weighted by Crippen LogP contribution is -2.45. The van der Waals surface area contributed by atoms with Crippen molar-refractivity contribution in [3.8, 4) is 0 Å². The molecule has 0 bridgehead atoms. The molecule has 4 heteroatoms. The topological polar surface area (TPSA) is 55.1 Å². The molecule has 1 heterocycles. The minimum Gasteiger partial charge on any atom is -0.352 e. The fourth-order valence-electron chi connectivity index (χ4n) is 1.17. The highest BCUT2D eigenvalue weighted by Gasteiger charge is 2.17. The molecule has 1 aliphatic heterocycles. The van der Waals surface area contributed by atoms with E-state index in [1.807, 2.05) is 11.8 Å². The first-order chi connectivity index (χ1) is 5.70. The van der Waals surface area contributed by atoms with E-state index in [0.29, 0.717) is 6.04 Å². The monoisotopic (exact) mass is 188 g/mol. The van der Waals surface area contributed by atoms with Gasteiger partial charge in [-0.25, -0.2) is 0 Å². The fraction of sp³-hybridized carbons (Fsp3) is 0.875. The normalized spacial score (nSPS) is 21.8. The van der Waals surface area contributed by atoms with Crippen LogP contribution in [-0.2, 0) is 4.79 Å². The Bertz CT molecular complexity index is 155. The molecule has 1 saturated heterocycles. The largest absolute Gasteiger partial charge is 0.352 e. The van der Waals surface area contributed by atoms with Gasteiger partial charge in [0.1, 0.15) is 0 Å².